The van der Waals surface area contributed by atoms with Crippen molar-refractivity contribution in [2.75, 3.05) is 19.7 Å². The number of urea groups is 1. The fourth-order valence-corrected chi connectivity index (χ4v) is 4.47. The molecule has 16 heteroatoms. The van der Waals surface area contributed by atoms with Crippen LogP contribution in [0.3, 0.4) is 0 Å². The highest BCUT2D eigenvalue weighted by molar-refractivity contribution is 7.80. The first-order valence-corrected chi connectivity index (χ1v) is 10.8. The molecular formula is C14H22N8O7S. The van der Waals surface area contributed by atoms with Crippen LogP contribution < -0.4 is 10.8 Å². The van der Waals surface area contributed by atoms with E-state index in [1.807, 2.05) is 0 Å². The van der Waals surface area contributed by atoms with Gasteiger partial charge in [0, 0.05) is 25.7 Å². The molecule has 1 aromatic heterocycles. The van der Waals surface area contributed by atoms with Crippen molar-refractivity contribution in [2.24, 2.45) is 5.92 Å². The van der Waals surface area contributed by atoms with Crippen LogP contribution in [0, 0.1) is 5.92 Å². The van der Waals surface area contributed by atoms with Crippen LogP contribution in [-0.2, 0) is 30.9 Å². The number of tetrazole rings is 1. The van der Waals surface area contributed by atoms with E-state index in [4.69, 9.17) is 9.39 Å². The standard InChI is InChI=1S/C14H22N8O7S/c23-13(12-2-1-11-6-21(12)14(24)22(11)29-30(25,26)27)17-28-7-10-3-9(4-15-10)5-20-8-16-18-19-20/h8-12,15H,1-7H2,(H,17,23)(H,25,26,27)/t9-,10+,11?,12?/m1/s1. The minimum Gasteiger partial charge on any atom is -0.311 e. The molecule has 0 radical (unpaired) electrons. The molecule has 166 valence electrons. The van der Waals surface area contributed by atoms with Crippen LogP contribution in [-0.4, -0.2) is 92.9 Å². The van der Waals surface area contributed by atoms with Gasteiger partial charge in [0.25, 0.3) is 5.91 Å². The third-order valence-corrected chi connectivity index (χ3v) is 5.76. The maximum absolute atomic E-state index is 12.5. The number of nitrogens with zero attached hydrogens (tertiary/aromatic N) is 6. The molecule has 3 aliphatic rings. The number of amides is 3. The molecular weight excluding hydrogens is 424 g/mol. The van der Waals surface area contributed by atoms with E-state index < -0.39 is 34.4 Å². The average Bonchev–Trinajstić information content (AvgIpc) is 3.40. The van der Waals surface area contributed by atoms with E-state index in [0.717, 1.165) is 13.0 Å². The SMILES string of the molecule is O=C(NOC[C@@H]1C[C@@H](Cn2cnnn2)CN1)C1CCC2CN1C(=O)N2OS(=O)(=O)O. The van der Waals surface area contributed by atoms with Crippen molar-refractivity contribution in [3.63, 3.8) is 0 Å². The minimum absolute atomic E-state index is 0.0505. The quantitative estimate of drug-likeness (QED) is 0.288. The first-order chi connectivity index (χ1) is 14.3. The topological polar surface area (TPSA) is 181 Å². The van der Waals surface area contributed by atoms with E-state index >= 15 is 0 Å². The van der Waals surface area contributed by atoms with Gasteiger partial charge < -0.3 is 10.2 Å². The number of nitrogens with one attached hydrogen (secondary N) is 2. The van der Waals surface area contributed by atoms with E-state index in [-0.39, 0.29) is 19.2 Å². The van der Waals surface area contributed by atoms with Gasteiger partial charge in [-0.1, -0.05) is 0 Å². The summed E-state index contributed by atoms with van der Waals surface area (Å²) >= 11 is 0. The molecule has 3 saturated heterocycles. The van der Waals surface area contributed by atoms with E-state index in [9.17, 15) is 18.0 Å². The van der Waals surface area contributed by atoms with Crippen LogP contribution in [0.25, 0.3) is 0 Å². The van der Waals surface area contributed by atoms with E-state index in [1.54, 1.807) is 11.0 Å². The summed E-state index contributed by atoms with van der Waals surface area (Å²) in [7, 11) is -4.83. The number of carbonyl (C=O) groups is 2. The lowest BCUT2D eigenvalue weighted by molar-refractivity contribution is -0.139. The van der Waals surface area contributed by atoms with Crippen molar-refractivity contribution < 1.29 is 31.7 Å². The zero-order valence-corrected chi connectivity index (χ0v) is 16.6. The van der Waals surface area contributed by atoms with Gasteiger partial charge in [0.1, 0.15) is 12.4 Å². The Labute approximate surface area is 171 Å². The zero-order chi connectivity index (χ0) is 21.3. The second kappa shape index (κ2) is 8.38. The Morgan fingerprint density at radius 1 is 1.40 bits per heavy atom. The number of hydrogen-bond donors (Lipinski definition) is 3. The third-order valence-electron chi connectivity index (χ3n) is 5.41. The van der Waals surface area contributed by atoms with Crippen LogP contribution in [0.5, 0.6) is 0 Å². The van der Waals surface area contributed by atoms with Crippen LogP contribution in [0.1, 0.15) is 19.3 Å². The molecule has 15 nitrogen and oxygen atoms in total. The molecule has 4 heterocycles. The van der Waals surface area contributed by atoms with E-state index in [0.29, 0.717) is 30.4 Å². The Morgan fingerprint density at radius 2 is 2.23 bits per heavy atom. The van der Waals surface area contributed by atoms with Gasteiger partial charge in [-0.2, -0.15) is 13.5 Å². The van der Waals surface area contributed by atoms with Gasteiger partial charge in [0.2, 0.25) is 0 Å². The molecule has 0 saturated carbocycles. The number of carbonyl (C=O) groups excluding carboxylic acids is 2. The van der Waals surface area contributed by atoms with Crippen molar-refractivity contribution >= 4 is 22.3 Å². The molecule has 3 N–H and O–H groups in total. The molecule has 3 fully saturated rings. The van der Waals surface area contributed by atoms with Crippen molar-refractivity contribution in [3.8, 4) is 0 Å². The molecule has 0 aliphatic carbocycles. The lowest BCUT2D eigenvalue weighted by Gasteiger charge is -2.29. The van der Waals surface area contributed by atoms with Crippen LogP contribution in [0.4, 0.5) is 4.79 Å². The minimum atomic E-state index is -4.83. The zero-order valence-electron chi connectivity index (χ0n) is 15.8. The number of rotatable bonds is 8. The number of fused-ring (bicyclic) bond motifs is 2. The summed E-state index contributed by atoms with van der Waals surface area (Å²) in [5.41, 5.74) is 2.37. The largest absolute Gasteiger partial charge is 0.418 e. The Hall–Kier alpha value is -2.40. The van der Waals surface area contributed by atoms with Crippen LogP contribution in [0.15, 0.2) is 6.33 Å². The number of piperidine rings is 1. The summed E-state index contributed by atoms with van der Waals surface area (Å²) in [4.78, 5) is 31.3. The van der Waals surface area contributed by atoms with Gasteiger partial charge in [-0.3, -0.25) is 14.2 Å². The second-order valence-corrected chi connectivity index (χ2v) is 8.53. The van der Waals surface area contributed by atoms with Gasteiger partial charge in [-0.05, 0) is 35.6 Å². The average molecular weight is 446 g/mol. The van der Waals surface area contributed by atoms with Crippen molar-refractivity contribution in [2.45, 2.75) is 43.9 Å². The van der Waals surface area contributed by atoms with Gasteiger partial charge >= 0.3 is 16.4 Å². The lowest BCUT2D eigenvalue weighted by Crippen LogP contribution is -2.50. The highest BCUT2D eigenvalue weighted by Crippen LogP contribution is 2.30. The molecule has 0 spiro atoms. The summed E-state index contributed by atoms with van der Waals surface area (Å²) in [5.74, 6) is -0.164. The Balaban J connectivity index is 1.22. The van der Waals surface area contributed by atoms with Crippen molar-refractivity contribution in [1.82, 2.24) is 41.0 Å². The van der Waals surface area contributed by atoms with Crippen LogP contribution >= 0.6 is 0 Å². The first-order valence-electron chi connectivity index (χ1n) is 9.43. The smallest absolute Gasteiger partial charge is 0.311 e. The number of hydroxylamine groups is 3. The molecule has 1 aromatic rings. The van der Waals surface area contributed by atoms with E-state index in [1.165, 1.54) is 4.90 Å². The molecule has 0 aromatic carbocycles. The molecule has 30 heavy (non-hydrogen) atoms. The van der Waals surface area contributed by atoms with Gasteiger partial charge in [0.05, 0.1) is 12.6 Å². The predicted octanol–water partition coefficient (Wildman–Crippen LogP) is -2.30. The van der Waals surface area contributed by atoms with Gasteiger partial charge in [-0.15, -0.1) is 9.38 Å². The first kappa shape index (κ1) is 20.9. The van der Waals surface area contributed by atoms with Crippen LogP contribution in [0.2, 0.25) is 0 Å². The second-order valence-electron chi connectivity index (χ2n) is 7.53. The monoisotopic (exact) mass is 446 g/mol. The highest BCUT2D eigenvalue weighted by Gasteiger charge is 2.49. The van der Waals surface area contributed by atoms with Gasteiger partial charge in [0.15, 0.2) is 0 Å². The lowest BCUT2D eigenvalue weighted by atomic mass is 10.0. The maximum atomic E-state index is 12.5. The fourth-order valence-electron chi connectivity index (χ4n) is 4.08. The number of hydrogen-bond acceptors (Lipinski definition) is 10. The molecule has 3 aliphatic heterocycles. The maximum Gasteiger partial charge on any atom is 0.418 e. The fraction of sp³-hybridized carbons (Fsp3) is 0.786. The summed E-state index contributed by atoms with van der Waals surface area (Å²) in [6.07, 6.45) is 3.04. The normalized spacial score (nSPS) is 28.9. The molecule has 2 unspecified atom stereocenters. The Morgan fingerprint density at radius 3 is 2.97 bits per heavy atom. The molecule has 4 atom stereocenters. The number of aromatic nitrogens is 4. The molecule has 2 bridgehead atoms. The summed E-state index contributed by atoms with van der Waals surface area (Å²) in [5, 5.41) is 14.9. The molecule has 3 amide bonds. The van der Waals surface area contributed by atoms with Crippen molar-refractivity contribution in [1.29, 1.82) is 0 Å². The Bertz CT molecular complexity index is 881. The van der Waals surface area contributed by atoms with Crippen molar-refractivity contribution in [3.05, 3.63) is 6.33 Å². The molecule has 4 rings (SSSR count). The Kier molecular flexibility index (Phi) is 5.83. The summed E-state index contributed by atoms with van der Waals surface area (Å²) in [6, 6.07) is -2.11. The summed E-state index contributed by atoms with van der Waals surface area (Å²) < 4.78 is 36.7. The highest BCUT2D eigenvalue weighted by atomic mass is 32.3. The predicted molar refractivity (Wildman–Crippen MR) is 95.2 cm³/mol. The summed E-state index contributed by atoms with van der Waals surface area (Å²) in [6.45, 7) is 1.83. The van der Waals surface area contributed by atoms with E-state index in [2.05, 4.69) is 30.6 Å². The van der Waals surface area contributed by atoms with Gasteiger partial charge in [-0.25, -0.2) is 15.0 Å². The third kappa shape index (κ3) is 4.67.